The van der Waals surface area contributed by atoms with E-state index in [9.17, 15) is 9.59 Å². The monoisotopic (exact) mass is 337 g/mol. The number of amides is 2. The highest BCUT2D eigenvalue weighted by Gasteiger charge is 2.11. The molecule has 3 rings (SSSR count). The van der Waals surface area contributed by atoms with Gasteiger partial charge in [0.15, 0.2) is 0 Å². The van der Waals surface area contributed by atoms with Crippen LogP contribution in [0.15, 0.2) is 52.0 Å². The SMILES string of the molecule is Cc1cc2cc(N=C(N)NC(=O)c3ccnc(C(N)=O)c3)ccc2o1. The van der Waals surface area contributed by atoms with Gasteiger partial charge in [0.05, 0.1) is 5.69 Å². The molecule has 0 aliphatic carbocycles. The maximum absolute atomic E-state index is 12.2. The lowest BCUT2D eigenvalue weighted by Crippen LogP contribution is -2.36. The number of primary amides is 1. The highest BCUT2D eigenvalue weighted by molar-refractivity contribution is 6.06. The summed E-state index contributed by atoms with van der Waals surface area (Å²) in [5.74, 6) is -0.534. The minimum absolute atomic E-state index is 0.0102. The molecular weight excluding hydrogens is 322 g/mol. The van der Waals surface area contributed by atoms with Gasteiger partial charge in [-0.3, -0.25) is 19.9 Å². The molecule has 0 bridgehead atoms. The average Bonchev–Trinajstić information content (AvgIpc) is 2.94. The summed E-state index contributed by atoms with van der Waals surface area (Å²) in [6.07, 6.45) is 1.32. The fourth-order valence-corrected chi connectivity index (χ4v) is 2.30. The van der Waals surface area contributed by atoms with E-state index in [0.717, 1.165) is 16.7 Å². The van der Waals surface area contributed by atoms with Gasteiger partial charge in [0.25, 0.3) is 11.8 Å². The average molecular weight is 337 g/mol. The zero-order valence-electron chi connectivity index (χ0n) is 13.3. The number of furan rings is 1. The fraction of sp³-hybridized carbons (Fsp3) is 0.0588. The van der Waals surface area contributed by atoms with Gasteiger partial charge in [-0.2, -0.15) is 0 Å². The third kappa shape index (κ3) is 3.63. The number of rotatable bonds is 3. The van der Waals surface area contributed by atoms with Crippen molar-refractivity contribution in [3.05, 3.63) is 59.6 Å². The summed E-state index contributed by atoms with van der Waals surface area (Å²) in [7, 11) is 0. The van der Waals surface area contributed by atoms with E-state index in [2.05, 4.69) is 15.3 Å². The lowest BCUT2D eigenvalue weighted by Gasteiger charge is -2.05. The first-order chi connectivity index (χ1) is 11.9. The normalized spacial score (nSPS) is 11.5. The van der Waals surface area contributed by atoms with E-state index < -0.39 is 11.8 Å². The van der Waals surface area contributed by atoms with E-state index in [0.29, 0.717) is 5.69 Å². The van der Waals surface area contributed by atoms with Crippen LogP contribution in [0.5, 0.6) is 0 Å². The number of aromatic nitrogens is 1. The third-order valence-electron chi connectivity index (χ3n) is 3.39. The number of carbonyl (C=O) groups excluding carboxylic acids is 2. The predicted octanol–water partition coefficient (Wildman–Crippen LogP) is 1.61. The Hall–Kier alpha value is -3.68. The maximum atomic E-state index is 12.2. The van der Waals surface area contributed by atoms with Crippen molar-refractivity contribution in [1.29, 1.82) is 0 Å². The Labute approximate surface area is 142 Å². The molecular formula is C17H15N5O3. The molecule has 0 atom stereocenters. The van der Waals surface area contributed by atoms with E-state index in [1.165, 1.54) is 18.3 Å². The van der Waals surface area contributed by atoms with E-state index >= 15 is 0 Å². The Morgan fingerprint density at radius 2 is 1.96 bits per heavy atom. The molecule has 0 unspecified atom stereocenters. The summed E-state index contributed by atoms with van der Waals surface area (Å²) in [5.41, 5.74) is 12.4. The first-order valence-electron chi connectivity index (χ1n) is 7.34. The summed E-state index contributed by atoms with van der Waals surface area (Å²) >= 11 is 0. The Kier molecular flexibility index (Phi) is 4.17. The van der Waals surface area contributed by atoms with Crippen LogP contribution in [0.3, 0.4) is 0 Å². The minimum atomic E-state index is -0.722. The number of hydrogen-bond donors (Lipinski definition) is 3. The zero-order chi connectivity index (χ0) is 18.0. The van der Waals surface area contributed by atoms with Crippen LogP contribution in [0.25, 0.3) is 11.0 Å². The number of benzene rings is 1. The van der Waals surface area contributed by atoms with Crippen molar-refractivity contribution in [1.82, 2.24) is 10.3 Å². The lowest BCUT2D eigenvalue weighted by molar-refractivity contribution is 0.0976. The molecule has 0 aliphatic rings. The van der Waals surface area contributed by atoms with Crippen molar-refractivity contribution in [2.75, 3.05) is 0 Å². The topological polar surface area (TPSA) is 137 Å². The Morgan fingerprint density at radius 1 is 1.16 bits per heavy atom. The molecule has 0 fully saturated rings. The molecule has 2 heterocycles. The molecule has 2 aromatic heterocycles. The molecule has 0 aliphatic heterocycles. The van der Waals surface area contributed by atoms with Crippen molar-refractivity contribution in [2.24, 2.45) is 16.5 Å². The van der Waals surface area contributed by atoms with Crippen molar-refractivity contribution < 1.29 is 14.0 Å². The van der Waals surface area contributed by atoms with Gasteiger partial charge in [-0.15, -0.1) is 0 Å². The second kappa shape index (κ2) is 6.44. The number of nitrogens with one attached hydrogen (secondary N) is 1. The Balaban J connectivity index is 1.78. The zero-order valence-corrected chi connectivity index (χ0v) is 13.3. The van der Waals surface area contributed by atoms with Gasteiger partial charge in [0, 0.05) is 17.1 Å². The predicted molar refractivity (Wildman–Crippen MR) is 92.5 cm³/mol. The van der Waals surface area contributed by atoms with Gasteiger partial charge in [-0.05, 0) is 43.3 Å². The lowest BCUT2D eigenvalue weighted by atomic mass is 10.2. The molecule has 0 spiro atoms. The molecule has 25 heavy (non-hydrogen) atoms. The van der Waals surface area contributed by atoms with E-state index in [4.69, 9.17) is 15.9 Å². The van der Waals surface area contributed by atoms with Gasteiger partial charge in [-0.1, -0.05) is 0 Å². The number of carbonyl (C=O) groups is 2. The first kappa shape index (κ1) is 16.2. The van der Waals surface area contributed by atoms with E-state index in [1.54, 1.807) is 18.2 Å². The summed E-state index contributed by atoms with van der Waals surface area (Å²) in [6.45, 7) is 1.85. The summed E-state index contributed by atoms with van der Waals surface area (Å²) in [4.78, 5) is 31.2. The Morgan fingerprint density at radius 3 is 2.72 bits per heavy atom. The second-order valence-corrected chi connectivity index (χ2v) is 5.32. The highest BCUT2D eigenvalue weighted by Crippen LogP contribution is 2.24. The van der Waals surface area contributed by atoms with Gasteiger partial charge < -0.3 is 15.9 Å². The minimum Gasteiger partial charge on any atom is -0.461 e. The van der Waals surface area contributed by atoms with Crippen LogP contribution >= 0.6 is 0 Å². The van der Waals surface area contributed by atoms with Gasteiger partial charge in [0.2, 0.25) is 5.96 Å². The van der Waals surface area contributed by atoms with Gasteiger partial charge >= 0.3 is 0 Å². The van der Waals surface area contributed by atoms with Crippen molar-refractivity contribution in [2.45, 2.75) is 6.92 Å². The number of pyridine rings is 1. The fourth-order valence-electron chi connectivity index (χ4n) is 2.30. The van der Waals surface area contributed by atoms with Crippen LogP contribution in [-0.2, 0) is 0 Å². The molecule has 5 N–H and O–H groups in total. The van der Waals surface area contributed by atoms with Crippen LogP contribution in [-0.4, -0.2) is 22.8 Å². The smallest absolute Gasteiger partial charge is 0.267 e. The summed E-state index contributed by atoms with van der Waals surface area (Å²) < 4.78 is 5.49. The van der Waals surface area contributed by atoms with Crippen LogP contribution in [0, 0.1) is 6.92 Å². The van der Waals surface area contributed by atoms with Crippen LogP contribution in [0.2, 0.25) is 0 Å². The number of nitrogens with zero attached hydrogens (tertiary/aromatic N) is 2. The highest BCUT2D eigenvalue weighted by atomic mass is 16.3. The van der Waals surface area contributed by atoms with Crippen molar-refractivity contribution in [3.8, 4) is 0 Å². The quantitative estimate of drug-likeness (QED) is 0.492. The number of guanidine groups is 1. The van der Waals surface area contributed by atoms with Crippen molar-refractivity contribution >= 4 is 34.4 Å². The van der Waals surface area contributed by atoms with Gasteiger partial charge in [0.1, 0.15) is 17.0 Å². The molecule has 0 saturated carbocycles. The molecule has 3 aromatic rings. The first-order valence-corrected chi connectivity index (χ1v) is 7.34. The van der Waals surface area contributed by atoms with Crippen molar-refractivity contribution in [3.63, 3.8) is 0 Å². The number of nitrogens with two attached hydrogens (primary N) is 2. The standard InChI is InChI=1S/C17H15N5O3/c1-9-6-11-7-12(2-3-14(11)25-9)21-17(19)22-16(24)10-4-5-20-13(8-10)15(18)23/h2-8H,1H3,(H2,18,23)(H3,19,21,22,24). The van der Waals surface area contributed by atoms with Crippen LogP contribution < -0.4 is 16.8 Å². The summed E-state index contributed by atoms with van der Waals surface area (Å²) in [5, 5.41) is 3.34. The molecule has 8 heteroatoms. The molecule has 8 nitrogen and oxygen atoms in total. The van der Waals surface area contributed by atoms with E-state index in [1.807, 2.05) is 13.0 Å². The number of fused-ring (bicyclic) bond motifs is 1. The maximum Gasteiger partial charge on any atom is 0.267 e. The Bertz CT molecular complexity index is 1010. The largest absolute Gasteiger partial charge is 0.461 e. The molecule has 0 saturated heterocycles. The summed E-state index contributed by atoms with van der Waals surface area (Å²) in [6, 6.07) is 9.90. The number of hydrogen-bond acceptors (Lipinski definition) is 5. The third-order valence-corrected chi connectivity index (χ3v) is 3.39. The molecule has 1 aromatic carbocycles. The van der Waals surface area contributed by atoms with E-state index in [-0.39, 0.29) is 17.2 Å². The second-order valence-electron chi connectivity index (χ2n) is 5.32. The molecule has 2 amide bonds. The molecule has 126 valence electrons. The van der Waals surface area contributed by atoms with Crippen LogP contribution in [0.1, 0.15) is 26.6 Å². The van der Waals surface area contributed by atoms with Crippen LogP contribution in [0.4, 0.5) is 5.69 Å². The molecule has 0 radical (unpaired) electrons. The number of aliphatic imine (C=N–C) groups is 1. The van der Waals surface area contributed by atoms with Gasteiger partial charge in [-0.25, -0.2) is 4.99 Å². The number of aryl methyl sites for hydroxylation is 1.